The Hall–Kier alpha value is -1.31. The topological polar surface area (TPSA) is 17.8 Å². The van der Waals surface area contributed by atoms with E-state index in [0.717, 1.165) is 12.2 Å². The van der Waals surface area contributed by atoms with Crippen molar-refractivity contribution in [3.05, 3.63) is 30.7 Å². The Morgan fingerprint density at radius 2 is 2.23 bits per heavy atom. The highest BCUT2D eigenvalue weighted by Gasteiger charge is 2.03. The maximum Gasteiger partial charge on any atom is 0.0731 e. The zero-order chi connectivity index (χ0) is 9.26. The second-order valence-corrected chi connectivity index (χ2v) is 3.82. The molecule has 2 nitrogen and oxygen atoms in total. The van der Waals surface area contributed by atoms with Crippen molar-refractivity contribution >= 4 is 0 Å². The molecule has 0 aromatic carbocycles. The first kappa shape index (κ1) is 8.30. The van der Waals surface area contributed by atoms with Crippen LogP contribution in [0.2, 0.25) is 0 Å². The second-order valence-electron chi connectivity index (χ2n) is 3.82. The van der Waals surface area contributed by atoms with Crippen LogP contribution in [0.15, 0.2) is 30.7 Å². The van der Waals surface area contributed by atoms with Gasteiger partial charge in [-0.05, 0) is 18.1 Å². The minimum Gasteiger partial charge on any atom is -0.353 e. The lowest BCUT2D eigenvalue weighted by molar-refractivity contribution is 0.521. The van der Waals surface area contributed by atoms with E-state index in [1.54, 1.807) is 0 Å². The van der Waals surface area contributed by atoms with Crippen LogP contribution in [-0.2, 0) is 6.54 Å². The molecular formula is C11H14N2. The summed E-state index contributed by atoms with van der Waals surface area (Å²) in [6, 6.07) is 4.11. The van der Waals surface area contributed by atoms with Crippen molar-refractivity contribution in [2.45, 2.75) is 20.4 Å². The van der Waals surface area contributed by atoms with E-state index >= 15 is 0 Å². The van der Waals surface area contributed by atoms with Crippen LogP contribution in [0.3, 0.4) is 0 Å². The van der Waals surface area contributed by atoms with Gasteiger partial charge in [0.2, 0.25) is 0 Å². The van der Waals surface area contributed by atoms with Gasteiger partial charge in [0.1, 0.15) is 0 Å². The van der Waals surface area contributed by atoms with Gasteiger partial charge in [-0.1, -0.05) is 13.8 Å². The third-order valence-corrected chi connectivity index (χ3v) is 2.07. The van der Waals surface area contributed by atoms with Crippen LogP contribution in [0.4, 0.5) is 0 Å². The Labute approximate surface area is 78.6 Å². The van der Waals surface area contributed by atoms with E-state index in [4.69, 9.17) is 0 Å². The summed E-state index contributed by atoms with van der Waals surface area (Å²) >= 11 is 0. The normalized spacial score (nSPS) is 11.3. The fraction of sp³-hybridized carbons (Fsp3) is 0.364. The van der Waals surface area contributed by atoms with Crippen LogP contribution < -0.4 is 0 Å². The van der Waals surface area contributed by atoms with Gasteiger partial charge in [0.25, 0.3) is 0 Å². The van der Waals surface area contributed by atoms with Crippen LogP contribution in [0, 0.1) is 5.92 Å². The smallest absolute Gasteiger partial charge is 0.0731 e. The molecule has 2 aliphatic heterocycles. The predicted molar refractivity (Wildman–Crippen MR) is 53.7 cm³/mol. The van der Waals surface area contributed by atoms with Crippen molar-refractivity contribution in [2.75, 3.05) is 0 Å². The average Bonchev–Trinajstić information content (AvgIpc) is 2.49. The minimum absolute atomic E-state index is 0.686. The summed E-state index contributed by atoms with van der Waals surface area (Å²) in [5.41, 5.74) is 2.31. The fourth-order valence-corrected chi connectivity index (χ4v) is 1.53. The van der Waals surface area contributed by atoms with Gasteiger partial charge in [0, 0.05) is 30.7 Å². The van der Waals surface area contributed by atoms with Crippen molar-refractivity contribution in [1.82, 2.24) is 9.55 Å². The first-order chi connectivity index (χ1) is 6.25. The SMILES string of the molecule is CC(C)Cn1ccc2nccc-2c1. The number of aromatic nitrogens is 2. The maximum atomic E-state index is 4.23. The van der Waals surface area contributed by atoms with E-state index < -0.39 is 0 Å². The van der Waals surface area contributed by atoms with Gasteiger partial charge in [0.15, 0.2) is 0 Å². The highest BCUT2D eigenvalue weighted by molar-refractivity contribution is 5.59. The molecule has 0 saturated heterocycles. The summed E-state index contributed by atoms with van der Waals surface area (Å²) in [6.45, 7) is 5.52. The zero-order valence-corrected chi connectivity index (χ0v) is 8.07. The molecule has 0 unspecified atom stereocenters. The number of hydrogen-bond acceptors (Lipinski definition) is 1. The quantitative estimate of drug-likeness (QED) is 0.684. The van der Waals surface area contributed by atoms with Gasteiger partial charge in [-0.15, -0.1) is 0 Å². The molecule has 2 rings (SSSR count). The standard InChI is InChI=1S/C11H14N2/c1-9(2)7-13-6-4-11-10(8-13)3-5-12-11/h3-6,8-9H,7H2,1-2H3. The number of hydrogen-bond donors (Lipinski definition) is 0. The highest BCUT2D eigenvalue weighted by Crippen LogP contribution is 2.18. The Kier molecular flexibility index (Phi) is 2.05. The molecule has 0 bridgehead atoms. The second kappa shape index (κ2) is 3.21. The molecule has 0 saturated carbocycles. The number of nitrogens with zero attached hydrogens (tertiary/aromatic N) is 2. The first-order valence-electron chi connectivity index (χ1n) is 4.66. The van der Waals surface area contributed by atoms with Crippen molar-refractivity contribution in [3.63, 3.8) is 0 Å². The van der Waals surface area contributed by atoms with E-state index in [1.165, 1.54) is 5.56 Å². The van der Waals surface area contributed by atoms with Crippen LogP contribution in [0.1, 0.15) is 13.8 Å². The summed E-state index contributed by atoms with van der Waals surface area (Å²) < 4.78 is 2.22. The molecule has 2 heterocycles. The molecule has 0 spiro atoms. The molecule has 2 aliphatic rings. The van der Waals surface area contributed by atoms with E-state index in [9.17, 15) is 0 Å². The maximum absolute atomic E-state index is 4.23. The summed E-state index contributed by atoms with van der Waals surface area (Å²) in [5, 5.41) is 0. The lowest BCUT2D eigenvalue weighted by atomic mass is 10.2. The van der Waals surface area contributed by atoms with Crippen molar-refractivity contribution in [1.29, 1.82) is 0 Å². The van der Waals surface area contributed by atoms with Crippen molar-refractivity contribution < 1.29 is 0 Å². The number of fused-ring (bicyclic) bond motifs is 1. The van der Waals surface area contributed by atoms with E-state index in [0.29, 0.717) is 5.92 Å². The number of pyridine rings is 1. The molecule has 0 atom stereocenters. The van der Waals surface area contributed by atoms with E-state index in [1.807, 2.05) is 12.3 Å². The molecular weight excluding hydrogens is 160 g/mol. The van der Waals surface area contributed by atoms with Gasteiger partial charge >= 0.3 is 0 Å². The Balaban J connectivity index is 2.33. The summed E-state index contributed by atoms with van der Waals surface area (Å²) in [4.78, 5) is 4.23. The van der Waals surface area contributed by atoms with Crippen LogP contribution >= 0.6 is 0 Å². The lowest BCUT2D eigenvalue weighted by Crippen LogP contribution is -2.04. The van der Waals surface area contributed by atoms with Gasteiger partial charge < -0.3 is 4.57 Å². The van der Waals surface area contributed by atoms with Gasteiger partial charge in [-0.3, -0.25) is 4.98 Å². The molecule has 0 aliphatic carbocycles. The van der Waals surface area contributed by atoms with Gasteiger partial charge in [0.05, 0.1) is 5.69 Å². The van der Waals surface area contributed by atoms with Crippen molar-refractivity contribution in [3.8, 4) is 11.3 Å². The Bertz CT molecular complexity index is 362. The zero-order valence-electron chi connectivity index (χ0n) is 8.07. The lowest BCUT2D eigenvalue weighted by Gasteiger charge is -2.10. The Morgan fingerprint density at radius 1 is 1.38 bits per heavy atom. The van der Waals surface area contributed by atoms with Gasteiger partial charge in [-0.2, -0.15) is 0 Å². The summed E-state index contributed by atoms with van der Waals surface area (Å²) in [6.07, 6.45) is 6.10. The summed E-state index contributed by atoms with van der Waals surface area (Å²) in [5.74, 6) is 0.686. The van der Waals surface area contributed by atoms with E-state index in [-0.39, 0.29) is 0 Å². The summed E-state index contributed by atoms with van der Waals surface area (Å²) in [7, 11) is 0. The highest BCUT2D eigenvalue weighted by atomic mass is 14.9. The van der Waals surface area contributed by atoms with Crippen LogP contribution in [0.25, 0.3) is 11.3 Å². The average molecular weight is 174 g/mol. The van der Waals surface area contributed by atoms with E-state index in [2.05, 4.69) is 41.9 Å². The molecule has 0 amide bonds. The monoisotopic (exact) mass is 174 g/mol. The van der Waals surface area contributed by atoms with Crippen LogP contribution in [-0.4, -0.2) is 9.55 Å². The third kappa shape index (κ3) is 1.72. The Morgan fingerprint density at radius 3 is 3.00 bits per heavy atom. The molecule has 0 N–H and O–H groups in total. The largest absolute Gasteiger partial charge is 0.353 e. The molecule has 68 valence electrons. The fourth-order valence-electron chi connectivity index (χ4n) is 1.53. The molecule has 0 aromatic rings. The van der Waals surface area contributed by atoms with Crippen LogP contribution in [0.5, 0.6) is 0 Å². The molecule has 0 aromatic heterocycles. The molecule has 0 radical (unpaired) electrons. The van der Waals surface area contributed by atoms with Crippen molar-refractivity contribution in [2.24, 2.45) is 5.92 Å². The van der Waals surface area contributed by atoms with Gasteiger partial charge in [-0.25, -0.2) is 0 Å². The first-order valence-corrected chi connectivity index (χ1v) is 4.66. The molecule has 2 heteroatoms. The third-order valence-electron chi connectivity index (χ3n) is 2.07. The minimum atomic E-state index is 0.686. The molecule has 13 heavy (non-hydrogen) atoms. The number of rotatable bonds is 2. The predicted octanol–water partition coefficient (Wildman–Crippen LogP) is 2.64. The molecule has 0 fully saturated rings.